The molecule has 1 aromatic carbocycles. The molecule has 1 heterocycles. The Morgan fingerprint density at radius 1 is 1.35 bits per heavy atom. The van der Waals surface area contributed by atoms with Crippen LogP contribution in [0.3, 0.4) is 0 Å². The molecule has 5 heteroatoms. The molecule has 1 aliphatic carbocycles. The van der Waals surface area contributed by atoms with Crippen molar-refractivity contribution >= 4 is 17.0 Å². The highest BCUT2D eigenvalue weighted by Crippen LogP contribution is 2.33. The fourth-order valence-electron chi connectivity index (χ4n) is 3.22. The van der Waals surface area contributed by atoms with Gasteiger partial charge >= 0.3 is 5.97 Å². The van der Waals surface area contributed by atoms with Gasteiger partial charge in [-0.05, 0) is 31.9 Å². The van der Waals surface area contributed by atoms with E-state index in [0.717, 1.165) is 37.0 Å². The number of fused-ring (bicyclic) bond motifs is 1. The van der Waals surface area contributed by atoms with Crippen molar-refractivity contribution < 1.29 is 15.0 Å². The maximum absolute atomic E-state index is 11.3. The van der Waals surface area contributed by atoms with Crippen LogP contribution in [0.4, 0.5) is 0 Å². The fourth-order valence-corrected chi connectivity index (χ4v) is 3.22. The molecule has 1 aliphatic rings. The van der Waals surface area contributed by atoms with Crippen molar-refractivity contribution in [2.75, 3.05) is 0 Å². The molecule has 2 N–H and O–H groups in total. The maximum Gasteiger partial charge on any atom is 0.337 e. The smallest absolute Gasteiger partial charge is 0.337 e. The first kappa shape index (κ1) is 13.1. The first-order chi connectivity index (χ1) is 9.59. The first-order valence-electron chi connectivity index (χ1n) is 6.98. The predicted octanol–water partition coefficient (Wildman–Crippen LogP) is 2.52. The van der Waals surface area contributed by atoms with E-state index in [0.29, 0.717) is 5.52 Å². The number of hydrogen-bond acceptors (Lipinski definition) is 3. The Balaban J connectivity index is 2.18. The number of aryl methyl sites for hydroxylation is 1. The molecular weight excluding hydrogens is 256 g/mol. The molecule has 0 aliphatic heterocycles. The second-order valence-corrected chi connectivity index (χ2v) is 5.43. The number of rotatable bonds is 2. The molecule has 5 nitrogen and oxygen atoms in total. The molecule has 2 atom stereocenters. The van der Waals surface area contributed by atoms with Gasteiger partial charge in [0.15, 0.2) is 0 Å². The van der Waals surface area contributed by atoms with E-state index in [-0.39, 0.29) is 17.7 Å². The number of nitrogens with zero attached hydrogens (tertiary/aromatic N) is 2. The number of aromatic nitrogens is 2. The Morgan fingerprint density at radius 3 is 2.80 bits per heavy atom. The van der Waals surface area contributed by atoms with Gasteiger partial charge in [0.05, 0.1) is 23.2 Å². The standard InChI is InChI=1S/C15H18N2O3/c1-9-16-14-10(15(19)20)5-4-7-12(14)17(9)11-6-2-3-8-13(11)18/h4-5,7,11,13,18H,2-3,6,8H2,1H3,(H,19,20). The van der Waals surface area contributed by atoms with E-state index in [2.05, 4.69) is 4.98 Å². The van der Waals surface area contributed by atoms with Crippen LogP contribution < -0.4 is 0 Å². The molecular formula is C15H18N2O3. The van der Waals surface area contributed by atoms with Crippen LogP contribution in [0.1, 0.15) is 47.9 Å². The van der Waals surface area contributed by atoms with Gasteiger partial charge < -0.3 is 14.8 Å². The van der Waals surface area contributed by atoms with Gasteiger partial charge in [-0.3, -0.25) is 0 Å². The molecule has 1 aromatic heterocycles. The molecule has 0 radical (unpaired) electrons. The van der Waals surface area contributed by atoms with Gasteiger partial charge in [-0.25, -0.2) is 9.78 Å². The van der Waals surface area contributed by atoms with Gasteiger partial charge in [-0.15, -0.1) is 0 Å². The molecule has 1 saturated carbocycles. The summed E-state index contributed by atoms with van der Waals surface area (Å²) in [5.41, 5.74) is 1.53. The van der Waals surface area contributed by atoms with Crippen LogP contribution in [0.2, 0.25) is 0 Å². The topological polar surface area (TPSA) is 75.3 Å². The Morgan fingerprint density at radius 2 is 2.10 bits per heavy atom. The molecule has 0 saturated heterocycles. The highest BCUT2D eigenvalue weighted by Gasteiger charge is 2.28. The van der Waals surface area contributed by atoms with Gasteiger partial charge in [0.25, 0.3) is 0 Å². The summed E-state index contributed by atoms with van der Waals surface area (Å²) in [7, 11) is 0. The SMILES string of the molecule is Cc1nc2c(C(=O)O)cccc2n1C1CCCCC1O. The number of carboxylic acids is 1. The Labute approximate surface area is 116 Å². The summed E-state index contributed by atoms with van der Waals surface area (Å²) in [6.07, 6.45) is 3.45. The number of para-hydroxylation sites is 1. The number of aromatic carboxylic acids is 1. The fraction of sp³-hybridized carbons (Fsp3) is 0.467. The molecule has 2 aromatic rings. The zero-order chi connectivity index (χ0) is 14.3. The summed E-state index contributed by atoms with van der Waals surface area (Å²) in [6, 6.07) is 5.18. The van der Waals surface area contributed by atoms with E-state index in [9.17, 15) is 15.0 Å². The van der Waals surface area contributed by atoms with E-state index in [4.69, 9.17) is 0 Å². The zero-order valence-electron chi connectivity index (χ0n) is 11.4. The predicted molar refractivity (Wildman–Crippen MR) is 74.9 cm³/mol. The largest absolute Gasteiger partial charge is 0.478 e. The van der Waals surface area contributed by atoms with Gasteiger partial charge in [-0.2, -0.15) is 0 Å². The van der Waals surface area contributed by atoms with Crippen LogP contribution in [0.5, 0.6) is 0 Å². The van der Waals surface area contributed by atoms with E-state index in [1.165, 1.54) is 0 Å². The van der Waals surface area contributed by atoms with Crippen molar-refractivity contribution in [1.29, 1.82) is 0 Å². The van der Waals surface area contributed by atoms with Crippen LogP contribution in [0.15, 0.2) is 18.2 Å². The van der Waals surface area contributed by atoms with Crippen molar-refractivity contribution in [3.05, 3.63) is 29.6 Å². The van der Waals surface area contributed by atoms with Crippen LogP contribution in [-0.4, -0.2) is 31.8 Å². The normalized spacial score (nSPS) is 23.1. The van der Waals surface area contributed by atoms with E-state index in [1.54, 1.807) is 12.1 Å². The van der Waals surface area contributed by atoms with Crippen molar-refractivity contribution in [3.63, 3.8) is 0 Å². The van der Waals surface area contributed by atoms with E-state index < -0.39 is 5.97 Å². The summed E-state index contributed by atoms with van der Waals surface area (Å²) < 4.78 is 2.01. The lowest BCUT2D eigenvalue weighted by atomic mass is 9.92. The van der Waals surface area contributed by atoms with Gasteiger partial charge in [0.1, 0.15) is 11.3 Å². The minimum atomic E-state index is -0.968. The number of hydrogen-bond donors (Lipinski definition) is 2. The zero-order valence-corrected chi connectivity index (χ0v) is 11.4. The monoisotopic (exact) mass is 274 g/mol. The van der Waals surface area contributed by atoms with Crippen molar-refractivity contribution in [1.82, 2.24) is 9.55 Å². The Hall–Kier alpha value is -1.88. The highest BCUT2D eigenvalue weighted by molar-refractivity contribution is 6.01. The lowest BCUT2D eigenvalue weighted by Crippen LogP contribution is -2.28. The highest BCUT2D eigenvalue weighted by atomic mass is 16.4. The number of benzene rings is 1. The van der Waals surface area contributed by atoms with E-state index >= 15 is 0 Å². The third kappa shape index (κ3) is 1.98. The summed E-state index contributed by atoms with van der Waals surface area (Å²) in [4.78, 5) is 15.7. The molecule has 3 rings (SSSR count). The number of imidazole rings is 1. The van der Waals surface area contributed by atoms with Crippen LogP contribution in [-0.2, 0) is 0 Å². The summed E-state index contributed by atoms with van der Waals surface area (Å²) >= 11 is 0. The maximum atomic E-state index is 11.3. The molecule has 0 bridgehead atoms. The van der Waals surface area contributed by atoms with Crippen molar-refractivity contribution in [2.45, 2.75) is 44.8 Å². The van der Waals surface area contributed by atoms with Crippen LogP contribution >= 0.6 is 0 Å². The van der Waals surface area contributed by atoms with Crippen LogP contribution in [0.25, 0.3) is 11.0 Å². The first-order valence-corrected chi connectivity index (χ1v) is 6.98. The summed E-state index contributed by atoms with van der Waals surface area (Å²) in [5, 5.41) is 19.5. The minimum absolute atomic E-state index is 0.00204. The second kappa shape index (κ2) is 4.90. The Bertz CT molecular complexity index is 662. The lowest BCUT2D eigenvalue weighted by Gasteiger charge is -2.30. The van der Waals surface area contributed by atoms with E-state index in [1.807, 2.05) is 17.6 Å². The average molecular weight is 274 g/mol. The quantitative estimate of drug-likeness (QED) is 0.882. The minimum Gasteiger partial charge on any atom is -0.478 e. The van der Waals surface area contributed by atoms with Gasteiger partial charge in [0, 0.05) is 0 Å². The number of carbonyl (C=O) groups is 1. The summed E-state index contributed by atoms with van der Waals surface area (Å²) in [6.45, 7) is 1.87. The number of carboxylic acid groups (broad SMARTS) is 1. The molecule has 20 heavy (non-hydrogen) atoms. The third-order valence-corrected chi connectivity index (χ3v) is 4.15. The van der Waals surface area contributed by atoms with Crippen LogP contribution in [0, 0.1) is 6.92 Å². The van der Waals surface area contributed by atoms with Gasteiger partial charge in [-0.1, -0.05) is 18.9 Å². The molecule has 106 valence electrons. The molecule has 1 fully saturated rings. The molecule has 2 unspecified atom stereocenters. The van der Waals surface area contributed by atoms with Crippen molar-refractivity contribution in [3.8, 4) is 0 Å². The number of aliphatic hydroxyl groups is 1. The average Bonchev–Trinajstić information content (AvgIpc) is 2.75. The second-order valence-electron chi connectivity index (χ2n) is 5.43. The van der Waals surface area contributed by atoms with Gasteiger partial charge in [0.2, 0.25) is 0 Å². The number of aliphatic hydroxyl groups excluding tert-OH is 1. The van der Waals surface area contributed by atoms with Crippen molar-refractivity contribution in [2.24, 2.45) is 0 Å². The molecule has 0 amide bonds. The Kier molecular flexibility index (Phi) is 3.22. The lowest BCUT2D eigenvalue weighted by molar-refractivity contribution is 0.0699. The summed E-state index contributed by atoms with van der Waals surface area (Å²) in [5.74, 6) is -0.205. The molecule has 0 spiro atoms. The third-order valence-electron chi connectivity index (χ3n) is 4.15.